The lowest BCUT2D eigenvalue weighted by molar-refractivity contribution is 0.139. The molecule has 0 saturated carbocycles. The number of aromatic nitrogens is 2. The molecule has 1 aromatic carbocycles. The van der Waals surface area contributed by atoms with Crippen LogP contribution >= 0.6 is 0 Å². The zero-order valence-electron chi connectivity index (χ0n) is 12.5. The molecule has 22 heavy (non-hydrogen) atoms. The third-order valence-electron chi connectivity index (χ3n) is 4.51. The number of fused-ring (bicyclic) bond motifs is 3. The normalized spacial score (nSPS) is 26.0. The number of benzene rings is 1. The zero-order chi connectivity index (χ0) is 14.9. The molecule has 4 rings (SSSR count). The van der Waals surface area contributed by atoms with Gasteiger partial charge in [-0.05, 0) is 13.0 Å². The van der Waals surface area contributed by atoms with Crippen LogP contribution in [0.5, 0.6) is 11.6 Å². The minimum absolute atomic E-state index is 0.366. The van der Waals surface area contributed by atoms with Crippen LogP contribution in [0.25, 0.3) is 0 Å². The van der Waals surface area contributed by atoms with Crippen LogP contribution in [0.4, 0.5) is 0 Å². The standard InChI is InChI=1S/C17H19N3O2/c1-11-18-7-6-16(20-11)22-9-12-8-19-17-13-4-2-3-5-15(13)21-10-14(12)17/h2-7,12,14,17,19H,8-10H2,1H3/t12-,14-,17-/m0/s1. The number of aryl methyl sites for hydroxylation is 1. The number of nitrogens with one attached hydrogen (secondary N) is 1. The van der Waals surface area contributed by atoms with E-state index in [0.29, 0.717) is 30.4 Å². The number of hydrogen-bond acceptors (Lipinski definition) is 5. The molecule has 3 heterocycles. The second-order valence-electron chi connectivity index (χ2n) is 5.91. The maximum Gasteiger partial charge on any atom is 0.216 e. The maximum absolute atomic E-state index is 5.92. The van der Waals surface area contributed by atoms with Gasteiger partial charge in [-0.2, -0.15) is 4.98 Å². The van der Waals surface area contributed by atoms with Crippen LogP contribution in [-0.2, 0) is 0 Å². The van der Waals surface area contributed by atoms with Crippen molar-refractivity contribution in [2.75, 3.05) is 19.8 Å². The third kappa shape index (κ3) is 2.41. The first-order valence-electron chi connectivity index (χ1n) is 7.69. The van der Waals surface area contributed by atoms with Crippen molar-refractivity contribution in [2.45, 2.75) is 13.0 Å². The lowest BCUT2D eigenvalue weighted by atomic mass is 9.86. The van der Waals surface area contributed by atoms with E-state index in [2.05, 4.69) is 27.4 Å². The van der Waals surface area contributed by atoms with Gasteiger partial charge in [-0.3, -0.25) is 0 Å². The molecule has 3 atom stereocenters. The van der Waals surface area contributed by atoms with Gasteiger partial charge in [-0.15, -0.1) is 0 Å². The fourth-order valence-electron chi connectivity index (χ4n) is 3.37. The molecular formula is C17H19N3O2. The molecule has 2 aliphatic rings. The Kier molecular flexibility index (Phi) is 3.42. The highest BCUT2D eigenvalue weighted by atomic mass is 16.5. The van der Waals surface area contributed by atoms with Gasteiger partial charge in [0.15, 0.2) is 0 Å². The smallest absolute Gasteiger partial charge is 0.216 e. The van der Waals surface area contributed by atoms with E-state index < -0.39 is 0 Å². The summed E-state index contributed by atoms with van der Waals surface area (Å²) in [6, 6.07) is 10.5. The molecule has 1 saturated heterocycles. The topological polar surface area (TPSA) is 56.3 Å². The zero-order valence-corrected chi connectivity index (χ0v) is 12.5. The number of ether oxygens (including phenoxy) is 2. The lowest BCUT2D eigenvalue weighted by Gasteiger charge is -2.30. The molecule has 1 N–H and O–H groups in total. The van der Waals surface area contributed by atoms with Crippen LogP contribution in [-0.4, -0.2) is 29.7 Å². The minimum Gasteiger partial charge on any atom is -0.493 e. The monoisotopic (exact) mass is 297 g/mol. The molecule has 0 spiro atoms. The Hall–Kier alpha value is -2.14. The van der Waals surface area contributed by atoms with Gasteiger partial charge in [0, 0.05) is 42.2 Å². The summed E-state index contributed by atoms with van der Waals surface area (Å²) >= 11 is 0. The van der Waals surface area contributed by atoms with E-state index in [9.17, 15) is 0 Å². The van der Waals surface area contributed by atoms with Crippen molar-refractivity contribution in [3.05, 3.63) is 47.9 Å². The van der Waals surface area contributed by atoms with Crippen molar-refractivity contribution in [1.29, 1.82) is 0 Å². The van der Waals surface area contributed by atoms with Gasteiger partial charge in [0.1, 0.15) is 11.6 Å². The summed E-state index contributed by atoms with van der Waals surface area (Å²) in [4.78, 5) is 8.38. The van der Waals surface area contributed by atoms with Gasteiger partial charge in [0.05, 0.1) is 13.2 Å². The second kappa shape index (κ2) is 5.57. The van der Waals surface area contributed by atoms with E-state index in [1.165, 1.54) is 5.56 Å². The van der Waals surface area contributed by atoms with Gasteiger partial charge < -0.3 is 14.8 Å². The van der Waals surface area contributed by atoms with Crippen LogP contribution in [0.3, 0.4) is 0 Å². The third-order valence-corrected chi connectivity index (χ3v) is 4.51. The Balaban J connectivity index is 1.45. The van der Waals surface area contributed by atoms with Crippen molar-refractivity contribution in [1.82, 2.24) is 15.3 Å². The van der Waals surface area contributed by atoms with Crippen LogP contribution < -0.4 is 14.8 Å². The highest BCUT2D eigenvalue weighted by Gasteiger charge is 2.41. The fraction of sp³-hybridized carbons (Fsp3) is 0.412. The number of para-hydroxylation sites is 1. The number of hydrogen-bond donors (Lipinski definition) is 1. The van der Waals surface area contributed by atoms with Gasteiger partial charge in [0.2, 0.25) is 5.88 Å². The minimum atomic E-state index is 0.366. The van der Waals surface area contributed by atoms with Gasteiger partial charge in [-0.1, -0.05) is 18.2 Å². The summed E-state index contributed by atoms with van der Waals surface area (Å²) in [6.07, 6.45) is 1.73. The van der Waals surface area contributed by atoms with Crippen molar-refractivity contribution >= 4 is 0 Å². The Morgan fingerprint density at radius 2 is 2.23 bits per heavy atom. The molecule has 0 bridgehead atoms. The van der Waals surface area contributed by atoms with E-state index in [4.69, 9.17) is 9.47 Å². The van der Waals surface area contributed by atoms with Gasteiger partial charge in [0.25, 0.3) is 0 Å². The number of nitrogens with zero attached hydrogens (tertiary/aromatic N) is 2. The summed E-state index contributed by atoms with van der Waals surface area (Å²) in [5.41, 5.74) is 1.26. The molecule has 5 heteroatoms. The quantitative estimate of drug-likeness (QED) is 0.940. The van der Waals surface area contributed by atoms with E-state index in [0.717, 1.165) is 24.7 Å². The van der Waals surface area contributed by atoms with Crippen LogP contribution in [0.1, 0.15) is 17.4 Å². The van der Waals surface area contributed by atoms with Gasteiger partial charge >= 0.3 is 0 Å². The Morgan fingerprint density at radius 3 is 3.14 bits per heavy atom. The molecule has 2 aromatic rings. The summed E-state index contributed by atoms with van der Waals surface area (Å²) in [5, 5.41) is 3.62. The SMILES string of the molecule is Cc1nccc(OC[C@@H]2CN[C@H]3c4ccccc4OC[C@@H]23)n1. The van der Waals surface area contributed by atoms with Crippen LogP contribution in [0, 0.1) is 18.8 Å². The summed E-state index contributed by atoms with van der Waals surface area (Å²) in [6.45, 7) is 4.20. The maximum atomic E-state index is 5.92. The molecule has 1 aromatic heterocycles. The second-order valence-corrected chi connectivity index (χ2v) is 5.91. The van der Waals surface area contributed by atoms with Crippen molar-refractivity contribution in [3.8, 4) is 11.6 Å². The van der Waals surface area contributed by atoms with Crippen molar-refractivity contribution < 1.29 is 9.47 Å². The molecule has 1 fully saturated rings. The predicted octanol–water partition coefficient (Wildman–Crippen LogP) is 2.13. The van der Waals surface area contributed by atoms with Crippen LogP contribution in [0.15, 0.2) is 36.5 Å². The first-order chi connectivity index (χ1) is 10.8. The molecule has 0 aliphatic carbocycles. The highest BCUT2D eigenvalue weighted by Crippen LogP contribution is 2.41. The molecular weight excluding hydrogens is 278 g/mol. The average Bonchev–Trinajstić information content (AvgIpc) is 2.96. The highest BCUT2D eigenvalue weighted by molar-refractivity contribution is 5.39. The van der Waals surface area contributed by atoms with Crippen molar-refractivity contribution in [2.24, 2.45) is 11.8 Å². The summed E-state index contributed by atoms with van der Waals surface area (Å²) in [7, 11) is 0. The molecule has 114 valence electrons. The summed E-state index contributed by atoms with van der Waals surface area (Å²) < 4.78 is 11.8. The van der Waals surface area contributed by atoms with E-state index in [1.54, 1.807) is 12.3 Å². The molecule has 0 unspecified atom stereocenters. The van der Waals surface area contributed by atoms with Crippen molar-refractivity contribution in [3.63, 3.8) is 0 Å². The Labute approximate surface area is 129 Å². The summed E-state index contributed by atoms with van der Waals surface area (Å²) in [5.74, 6) is 3.25. The van der Waals surface area contributed by atoms with E-state index >= 15 is 0 Å². The molecule has 5 nitrogen and oxygen atoms in total. The van der Waals surface area contributed by atoms with Gasteiger partial charge in [-0.25, -0.2) is 4.98 Å². The number of rotatable bonds is 3. The molecule has 0 amide bonds. The lowest BCUT2D eigenvalue weighted by Crippen LogP contribution is -2.31. The predicted molar refractivity (Wildman–Crippen MR) is 81.9 cm³/mol. The largest absolute Gasteiger partial charge is 0.493 e. The van der Waals surface area contributed by atoms with Crippen LogP contribution in [0.2, 0.25) is 0 Å². The Morgan fingerprint density at radius 1 is 1.32 bits per heavy atom. The molecule has 0 radical (unpaired) electrons. The van der Waals surface area contributed by atoms with E-state index in [-0.39, 0.29) is 0 Å². The average molecular weight is 297 g/mol. The Bertz CT molecular complexity index is 676. The van der Waals surface area contributed by atoms with E-state index in [1.807, 2.05) is 19.1 Å². The fourth-order valence-corrected chi connectivity index (χ4v) is 3.37. The first-order valence-corrected chi connectivity index (χ1v) is 7.69. The first kappa shape index (κ1) is 13.5. The molecule has 2 aliphatic heterocycles.